The molecule has 0 aromatic carbocycles. The van der Waals surface area contributed by atoms with Crippen LogP contribution >= 0.6 is 22.6 Å². The summed E-state index contributed by atoms with van der Waals surface area (Å²) in [4.78, 5) is 3.43. The molecule has 0 aliphatic carbocycles. The molecule has 6 heteroatoms. The van der Waals surface area contributed by atoms with E-state index >= 15 is 0 Å². The molecule has 13 heavy (non-hydrogen) atoms. The summed E-state index contributed by atoms with van der Waals surface area (Å²) < 4.78 is 37.4. The highest BCUT2D eigenvalue weighted by Gasteiger charge is 2.18. The Morgan fingerprint density at radius 1 is 1.54 bits per heavy atom. The van der Waals surface area contributed by atoms with Crippen LogP contribution in [0.3, 0.4) is 0 Å². The molecule has 0 fully saturated rings. The van der Waals surface area contributed by atoms with Crippen molar-refractivity contribution in [1.82, 2.24) is 4.98 Å². The van der Waals surface area contributed by atoms with Gasteiger partial charge in [-0.25, -0.2) is 18.2 Å². The number of hydrogen-bond acceptors (Lipinski definition) is 2. The van der Waals surface area contributed by atoms with E-state index in [4.69, 9.17) is 5.11 Å². The highest BCUT2D eigenvalue weighted by atomic mass is 127. The van der Waals surface area contributed by atoms with Gasteiger partial charge in [0.25, 0.3) is 6.43 Å². The molecule has 0 saturated heterocycles. The van der Waals surface area contributed by atoms with E-state index in [-0.39, 0.29) is 9.26 Å². The summed E-state index contributed by atoms with van der Waals surface area (Å²) in [6.07, 6.45) is -1.94. The van der Waals surface area contributed by atoms with Crippen molar-refractivity contribution >= 4 is 22.6 Å². The standard InChI is InChI=1S/C7H5F3INO/c8-5-4(2-13)3(6(9)10)1-12-7(5)11/h1,6,13H,2H2. The predicted octanol–water partition coefficient (Wildman–Crippen LogP) is 2.26. The molecule has 0 spiro atoms. The normalized spacial score (nSPS) is 10.9. The van der Waals surface area contributed by atoms with Crippen LogP contribution in [0.2, 0.25) is 0 Å². The van der Waals surface area contributed by atoms with Crippen LogP contribution in [0.4, 0.5) is 13.2 Å². The van der Waals surface area contributed by atoms with Gasteiger partial charge in [-0.2, -0.15) is 0 Å². The molecule has 2 nitrogen and oxygen atoms in total. The van der Waals surface area contributed by atoms with Gasteiger partial charge in [-0.05, 0) is 22.6 Å². The van der Waals surface area contributed by atoms with E-state index < -0.39 is 24.4 Å². The summed E-state index contributed by atoms with van der Waals surface area (Å²) in [5, 5.41) is 8.67. The minimum atomic E-state index is -2.82. The lowest BCUT2D eigenvalue weighted by Gasteiger charge is -2.07. The van der Waals surface area contributed by atoms with E-state index in [1.165, 1.54) is 0 Å². The van der Waals surface area contributed by atoms with Gasteiger partial charge in [0.15, 0.2) is 5.82 Å². The first-order valence-corrected chi connectivity index (χ1v) is 4.37. The maximum atomic E-state index is 13.1. The number of aliphatic hydroxyl groups excluding tert-OH is 1. The third-order valence-electron chi connectivity index (χ3n) is 1.50. The summed E-state index contributed by atoms with van der Waals surface area (Å²) in [7, 11) is 0. The minimum Gasteiger partial charge on any atom is -0.392 e. The van der Waals surface area contributed by atoms with Crippen LogP contribution < -0.4 is 0 Å². The monoisotopic (exact) mass is 303 g/mol. The van der Waals surface area contributed by atoms with Gasteiger partial charge < -0.3 is 5.11 Å². The van der Waals surface area contributed by atoms with Crippen molar-refractivity contribution in [3.8, 4) is 0 Å². The molecule has 0 saturated carbocycles. The van der Waals surface area contributed by atoms with Gasteiger partial charge in [-0.1, -0.05) is 0 Å². The van der Waals surface area contributed by atoms with E-state index in [0.29, 0.717) is 0 Å². The van der Waals surface area contributed by atoms with Gasteiger partial charge >= 0.3 is 0 Å². The highest BCUT2D eigenvalue weighted by Crippen LogP contribution is 2.25. The first-order chi connectivity index (χ1) is 6.07. The van der Waals surface area contributed by atoms with Crippen molar-refractivity contribution in [2.24, 2.45) is 0 Å². The molecule has 1 aromatic rings. The Balaban J connectivity index is 3.30. The topological polar surface area (TPSA) is 33.1 Å². The van der Waals surface area contributed by atoms with Crippen LogP contribution in [-0.4, -0.2) is 10.1 Å². The maximum Gasteiger partial charge on any atom is 0.265 e. The number of hydrogen-bond donors (Lipinski definition) is 1. The van der Waals surface area contributed by atoms with Gasteiger partial charge in [-0.15, -0.1) is 0 Å². The van der Waals surface area contributed by atoms with Crippen LogP contribution in [-0.2, 0) is 6.61 Å². The highest BCUT2D eigenvalue weighted by molar-refractivity contribution is 14.1. The van der Waals surface area contributed by atoms with E-state index in [9.17, 15) is 13.2 Å². The molecule has 1 heterocycles. The SMILES string of the molecule is OCc1c(C(F)F)cnc(I)c1F. The average Bonchev–Trinajstić information content (AvgIpc) is 2.09. The second-order valence-corrected chi connectivity index (χ2v) is 3.28. The van der Waals surface area contributed by atoms with Gasteiger partial charge in [0.2, 0.25) is 0 Å². The van der Waals surface area contributed by atoms with Crippen LogP contribution in [0.25, 0.3) is 0 Å². The third-order valence-corrected chi connectivity index (χ3v) is 2.26. The van der Waals surface area contributed by atoms with Crippen molar-refractivity contribution in [2.45, 2.75) is 13.0 Å². The largest absolute Gasteiger partial charge is 0.392 e. The second-order valence-electron chi connectivity index (χ2n) is 2.26. The van der Waals surface area contributed by atoms with E-state index in [1.807, 2.05) is 0 Å². The molecular formula is C7H5F3INO. The van der Waals surface area contributed by atoms with Gasteiger partial charge in [-0.3, -0.25) is 0 Å². The lowest BCUT2D eigenvalue weighted by Crippen LogP contribution is -2.03. The minimum absolute atomic E-state index is 0.0222. The third kappa shape index (κ3) is 2.11. The summed E-state index contributed by atoms with van der Waals surface area (Å²) in [6, 6.07) is 0. The van der Waals surface area contributed by atoms with Crippen LogP contribution in [0.1, 0.15) is 17.6 Å². The number of rotatable bonds is 2. The summed E-state index contributed by atoms with van der Waals surface area (Å²) in [5.41, 5.74) is -0.935. The number of nitrogens with zero attached hydrogens (tertiary/aromatic N) is 1. The fraction of sp³-hybridized carbons (Fsp3) is 0.286. The molecule has 72 valence electrons. The Morgan fingerprint density at radius 3 is 2.62 bits per heavy atom. The molecule has 0 aliphatic heterocycles. The maximum absolute atomic E-state index is 13.1. The van der Waals surface area contributed by atoms with Crippen molar-refractivity contribution in [3.05, 3.63) is 26.8 Å². The van der Waals surface area contributed by atoms with Crippen molar-refractivity contribution in [1.29, 1.82) is 0 Å². The van der Waals surface area contributed by atoms with Crippen molar-refractivity contribution in [3.63, 3.8) is 0 Å². The Morgan fingerprint density at radius 2 is 2.15 bits per heavy atom. The first kappa shape index (κ1) is 10.7. The zero-order chi connectivity index (χ0) is 10.0. The van der Waals surface area contributed by atoms with Gasteiger partial charge in [0, 0.05) is 17.3 Å². The molecule has 0 atom stereocenters. The molecule has 0 aliphatic rings. The van der Waals surface area contributed by atoms with Gasteiger partial charge in [0.1, 0.15) is 3.70 Å². The zero-order valence-electron chi connectivity index (χ0n) is 6.27. The smallest absolute Gasteiger partial charge is 0.265 e. The van der Waals surface area contributed by atoms with Crippen LogP contribution in [0, 0.1) is 9.52 Å². The lowest BCUT2D eigenvalue weighted by atomic mass is 10.1. The van der Waals surface area contributed by atoms with Crippen LogP contribution in [0.15, 0.2) is 6.20 Å². The zero-order valence-corrected chi connectivity index (χ0v) is 8.43. The Labute approximate surface area is 85.9 Å². The Hall–Kier alpha value is -0.370. The van der Waals surface area contributed by atoms with Gasteiger partial charge in [0.05, 0.1) is 6.61 Å². The molecule has 0 amide bonds. The average molecular weight is 303 g/mol. The Bertz CT molecular complexity index is 319. The Kier molecular flexibility index (Phi) is 3.48. The molecule has 0 bridgehead atoms. The lowest BCUT2D eigenvalue weighted by molar-refractivity contribution is 0.145. The predicted molar refractivity (Wildman–Crippen MR) is 47.8 cm³/mol. The van der Waals surface area contributed by atoms with E-state index in [2.05, 4.69) is 4.98 Å². The van der Waals surface area contributed by atoms with Crippen molar-refractivity contribution in [2.75, 3.05) is 0 Å². The summed E-state index contributed by atoms with van der Waals surface area (Å²) >= 11 is 1.57. The second kappa shape index (κ2) is 4.23. The van der Waals surface area contributed by atoms with E-state index in [1.54, 1.807) is 22.6 Å². The van der Waals surface area contributed by atoms with Crippen molar-refractivity contribution < 1.29 is 18.3 Å². The number of alkyl halides is 2. The molecule has 0 radical (unpaired) electrons. The number of aliphatic hydroxyl groups is 1. The summed E-state index contributed by atoms with van der Waals surface area (Å²) in [6.45, 7) is -0.746. The first-order valence-electron chi connectivity index (χ1n) is 3.29. The molecule has 1 N–H and O–H groups in total. The number of aromatic nitrogens is 1. The number of pyridine rings is 1. The summed E-state index contributed by atoms with van der Waals surface area (Å²) in [5.74, 6) is -0.874. The van der Waals surface area contributed by atoms with E-state index in [0.717, 1.165) is 6.20 Å². The fourth-order valence-electron chi connectivity index (χ4n) is 0.861. The molecular weight excluding hydrogens is 298 g/mol. The molecule has 0 unspecified atom stereocenters. The molecule has 1 aromatic heterocycles. The van der Waals surface area contributed by atoms with Crippen LogP contribution in [0.5, 0.6) is 0 Å². The molecule has 1 rings (SSSR count). The fourth-order valence-corrected chi connectivity index (χ4v) is 1.33. The number of halogens is 4. The quantitative estimate of drug-likeness (QED) is 0.671.